The number of hydrogen-bond donors (Lipinski definition) is 1. The van der Waals surface area contributed by atoms with Crippen molar-refractivity contribution in [3.05, 3.63) is 12.7 Å². The number of nitrogens with one attached hydrogen (secondary N) is 1. The molecular weight excluding hydrogens is 220 g/mol. The predicted molar refractivity (Wildman–Crippen MR) is 68.4 cm³/mol. The number of alkyl halides is 2. The molecule has 0 aromatic heterocycles. The third kappa shape index (κ3) is 4.74. The molecular formula is C14H25F2N. The summed E-state index contributed by atoms with van der Waals surface area (Å²) in [4.78, 5) is 0. The maximum atomic E-state index is 13.3. The van der Waals surface area contributed by atoms with Crippen molar-refractivity contribution in [1.29, 1.82) is 0 Å². The molecule has 0 saturated heterocycles. The molecule has 2 unspecified atom stereocenters. The minimum absolute atomic E-state index is 0.0581. The minimum atomic E-state index is -2.44. The molecule has 0 amide bonds. The second-order valence-corrected chi connectivity index (χ2v) is 5.66. The van der Waals surface area contributed by atoms with E-state index in [1.165, 1.54) is 0 Å². The van der Waals surface area contributed by atoms with E-state index >= 15 is 0 Å². The first-order valence-corrected chi connectivity index (χ1v) is 6.63. The lowest BCUT2D eigenvalue weighted by Crippen LogP contribution is -2.35. The van der Waals surface area contributed by atoms with Crippen LogP contribution in [-0.4, -0.2) is 19.0 Å². The van der Waals surface area contributed by atoms with Crippen LogP contribution in [0.25, 0.3) is 0 Å². The third-order valence-electron chi connectivity index (χ3n) is 3.77. The Hall–Kier alpha value is -0.440. The highest BCUT2D eigenvalue weighted by molar-refractivity contribution is 4.95. The molecule has 0 radical (unpaired) electrons. The maximum absolute atomic E-state index is 13.3. The highest BCUT2D eigenvalue weighted by Gasteiger charge is 2.38. The van der Waals surface area contributed by atoms with Crippen molar-refractivity contribution >= 4 is 0 Å². The van der Waals surface area contributed by atoms with Crippen molar-refractivity contribution in [2.24, 2.45) is 11.3 Å². The molecule has 0 heterocycles. The average molecular weight is 245 g/mol. The smallest absolute Gasteiger partial charge is 0.248 e. The molecule has 1 N–H and O–H groups in total. The van der Waals surface area contributed by atoms with Gasteiger partial charge in [-0.15, -0.1) is 6.58 Å². The standard InChI is InChI=1S/C14H25F2N/c1-4-13(3,11-17-5-2)9-12-7-6-8-14(15,16)10-12/h4,12,17H,1,5-11H2,2-3H3. The van der Waals surface area contributed by atoms with Crippen LogP contribution >= 0.6 is 0 Å². The Morgan fingerprint density at radius 1 is 1.53 bits per heavy atom. The normalized spacial score (nSPS) is 27.4. The zero-order chi connectivity index (χ0) is 12.9. The van der Waals surface area contributed by atoms with Crippen LogP contribution in [0.1, 0.15) is 46.0 Å². The van der Waals surface area contributed by atoms with E-state index in [4.69, 9.17) is 0 Å². The van der Waals surface area contributed by atoms with Gasteiger partial charge in [-0.3, -0.25) is 0 Å². The summed E-state index contributed by atoms with van der Waals surface area (Å²) < 4.78 is 26.7. The highest BCUT2D eigenvalue weighted by Crippen LogP contribution is 2.41. The zero-order valence-electron chi connectivity index (χ0n) is 11.1. The molecule has 1 aliphatic carbocycles. The van der Waals surface area contributed by atoms with Gasteiger partial charge in [0, 0.05) is 19.4 Å². The molecule has 3 heteroatoms. The van der Waals surface area contributed by atoms with Crippen molar-refractivity contribution in [2.75, 3.05) is 13.1 Å². The monoisotopic (exact) mass is 245 g/mol. The fourth-order valence-corrected chi connectivity index (χ4v) is 2.75. The molecule has 2 atom stereocenters. The summed E-state index contributed by atoms with van der Waals surface area (Å²) in [6.07, 6.45) is 4.46. The minimum Gasteiger partial charge on any atom is -0.316 e. The molecule has 0 aliphatic heterocycles. The Morgan fingerprint density at radius 3 is 2.76 bits per heavy atom. The van der Waals surface area contributed by atoms with Crippen molar-refractivity contribution < 1.29 is 8.78 Å². The van der Waals surface area contributed by atoms with Gasteiger partial charge in [0.25, 0.3) is 0 Å². The summed E-state index contributed by atoms with van der Waals surface area (Å²) in [5.41, 5.74) is -0.0614. The zero-order valence-corrected chi connectivity index (χ0v) is 11.1. The van der Waals surface area contributed by atoms with Gasteiger partial charge in [0.2, 0.25) is 5.92 Å². The van der Waals surface area contributed by atoms with Gasteiger partial charge in [-0.2, -0.15) is 0 Å². The summed E-state index contributed by atoms with van der Waals surface area (Å²) >= 11 is 0. The lowest BCUT2D eigenvalue weighted by molar-refractivity contribution is -0.0572. The lowest BCUT2D eigenvalue weighted by Gasteiger charge is -2.35. The number of hydrogen-bond acceptors (Lipinski definition) is 1. The van der Waals surface area contributed by atoms with Gasteiger partial charge < -0.3 is 5.32 Å². The number of halogens is 2. The first kappa shape index (κ1) is 14.6. The Kier molecular flexibility index (Phi) is 5.11. The molecule has 1 saturated carbocycles. The van der Waals surface area contributed by atoms with Crippen LogP contribution in [0.3, 0.4) is 0 Å². The summed E-state index contributed by atoms with van der Waals surface area (Å²) in [5.74, 6) is -2.30. The second-order valence-electron chi connectivity index (χ2n) is 5.66. The van der Waals surface area contributed by atoms with Crippen LogP contribution in [0, 0.1) is 11.3 Å². The molecule has 100 valence electrons. The Balaban J connectivity index is 2.52. The first-order chi connectivity index (χ1) is 7.91. The number of rotatable bonds is 6. The first-order valence-electron chi connectivity index (χ1n) is 6.63. The van der Waals surface area contributed by atoms with E-state index in [0.717, 1.165) is 25.9 Å². The summed E-state index contributed by atoms with van der Waals surface area (Å²) in [5, 5.41) is 3.29. The van der Waals surface area contributed by atoms with E-state index in [1.54, 1.807) is 0 Å². The topological polar surface area (TPSA) is 12.0 Å². The predicted octanol–water partition coefficient (Wildman–Crippen LogP) is 4.00. The van der Waals surface area contributed by atoms with Crippen LogP contribution in [0.4, 0.5) is 8.78 Å². The molecule has 1 fully saturated rings. The van der Waals surface area contributed by atoms with Crippen LogP contribution in [0.2, 0.25) is 0 Å². The molecule has 1 rings (SSSR count). The fraction of sp³-hybridized carbons (Fsp3) is 0.857. The summed E-state index contributed by atoms with van der Waals surface area (Å²) in [6, 6.07) is 0. The highest BCUT2D eigenvalue weighted by atomic mass is 19.3. The Morgan fingerprint density at radius 2 is 2.24 bits per heavy atom. The van der Waals surface area contributed by atoms with E-state index in [1.807, 2.05) is 6.08 Å². The van der Waals surface area contributed by atoms with Gasteiger partial charge >= 0.3 is 0 Å². The molecule has 0 bridgehead atoms. The van der Waals surface area contributed by atoms with E-state index < -0.39 is 5.92 Å². The van der Waals surface area contributed by atoms with Crippen molar-refractivity contribution in [3.63, 3.8) is 0 Å². The van der Waals surface area contributed by atoms with Gasteiger partial charge in [-0.1, -0.05) is 19.9 Å². The van der Waals surface area contributed by atoms with Crippen molar-refractivity contribution in [3.8, 4) is 0 Å². The van der Waals surface area contributed by atoms with E-state index in [-0.39, 0.29) is 24.2 Å². The summed E-state index contributed by atoms with van der Waals surface area (Å²) in [7, 11) is 0. The molecule has 17 heavy (non-hydrogen) atoms. The van der Waals surface area contributed by atoms with E-state index in [2.05, 4.69) is 25.7 Å². The lowest BCUT2D eigenvalue weighted by atomic mass is 9.74. The Labute approximate surface area is 104 Å². The molecule has 0 aromatic rings. The van der Waals surface area contributed by atoms with Crippen molar-refractivity contribution in [2.45, 2.75) is 51.9 Å². The summed E-state index contributed by atoms with van der Waals surface area (Å²) in [6.45, 7) is 9.76. The molecule has 1 aliphatic rings. The average Bonchev–Trinajstić information content (AvgIpc) is 2.25. The van der Waals surface area contributed by atoms with Crippen LogP contribution < -0.4 is 5.32 Å². The molecule has 0 aromatic carbocycles. The maximum Gasteiger partial charge on any atom is 0.248 e. The fourth-order valence-electron chi connectivity index (χ4n) is 2.75. The quantitative estimate of drug-likeness (QED) is 0.697. The molecule has 0 spiro atoms. The molecule has 1 nitrogen and oxygen atoms in total. The third-order valence-corrected chi connectivity index (χ3v) is 3.77. The van der Waals surface area contributed by atoms with Gasteiger partial charge in [-0.05, 0) is 37.1 Å². The van der Waals surface area contributed by atoms with Gasteiger partial charge in [0.15, 0.2) is 0 Å². The van der Waals surface area contributed by atoms with E-state index in [9.17, 15) is 8.78 Å². The van der Waals surface area contributed by atoms with Gasteiger partial charge in [0.1, 0.15) is 0 Å². The van der Waals surface area contributed by atoms with Gasteiger partial charge in [0.05, 0.1) is 0 Å². The Bertz CT molecular complexity index is 253. The second kappa shape index (κ2) is 5.94. The van der Waals surface area contributed by atoms with Crippen LogP contribution in [0.15, 0.2) is 12.7 Å². The SMILES string of the molecule is C=CC(C)(CNCC)CC1CCCC(F)(F)C1. The largest absolute Gasteiger partial charge is 0.316 e. The van der Waals surface area contributed by atoms with Crippen LogP contribution in [-0.2, 0) is 0 Å². The van der Waals surface area contributed by atoms with Crippen LogP contribution in [0.5, 0.6) is 0 Å². The van der Waals surface area contributed by atoms with E-state index in [0.29, 0.717) is 6.42 Å². The van der Waals surface area contributed by atoms with Gasteiger partial charge in [-0.25, -0.2) is 8.78 Å². The van der Waals surface area contributed by atoms with Crippen molar-refractivity contribution in [1.82, 2.24) is 5.32 Å².